The number of halogens is 1. The van der Waals surface area contributed by atoms with Crippen molar-refractivity contribution in [1.82, 2.24) is 5.32 Å². The van der Waals surface area contributed by atoms with Gasteiger partial charge in [0, 0.05) is 45.0 Å². The number of benzene rings is 3. The van der Waals surface area contributed by atoms with Crippen molar-refractivity contribution in [2.45, 2.75) is 38.5 Å². The Morgan fingerprint density at radius 3 is 2.36 bits per heavy atom. The number of allylic oxidation sites excluding steroid dienone is 3. The Bertz CT molecular complexity index is 1510. The van der Waals surface area contributed by atoms with Crippen LogP contribution < -0.4 is 20.1 Å². The van der Waals surface area contributed by atoms with Crippen molar-refractivity contribution >= 4 is 33.3 Å². The van der Waals surface area contributed by atoms with E-state index in [1.807, 2.05) is 80.6 Å². The third-order valence-corrected chi connectivity index (χ3v) is 8.20. The van der Waals surface area contributed by atoms with Crippen LogP contribution >= 0.6 is 15.9 Å². The number of hydrogen-bond donors (Lipinski definition) is 2. The number of rotatable bonds is 6. The summed E-state index contributed by atoms with van der Waals surface area (Å²) in [5.41, 5.74) is 6.50. The van der Waals surface area contributed by atoms with Crippen molar-refractivity contribution in [3.63, 3.8) is 0 Å². The first-order valence-electron chi connectivity index (χ1n) is 12.9. The van der Waals surface area contributed by atoms with Crippen LogP contribution in [0, 0.1) is 6.92 Å². The Hall–Kier alpha value is -3.84. The second-order valence-electron chi connectivity index (χ2n) is 9.97. The normalized spacial score (nSPS) is 18.8. The first kappa shape index (κ1) is 26.8. The molecule has 1 amide bonds. The van der Waals surface area contributed by atoms with Gasteiger partial charge in [-0.3, -0.25) is 9.59 Å². The second-order valence-corrected chi connectivity index (χ2v) is 10.8. The zero-order valence-corrected chi connectivity index (χ0v) is 24.0. The molecule has 200 valence electrons. The summed E-state index contributed by atoms with van der Waals surface area (Å²) in [4.78, 5) is 27.7. The third-order valence-electron chi connectivity index (χ3n) is 7.48. The van der Waals surface area contributed by atoms with Gasteiger partial charge in [-0.25, -0.2) is 0 Å². The lowest BCUT2D eigenvalue weighted by molar-refractivity contribution is -0.116. The van der Waals surface area contributed by atoms with E-state index in [9.17, 15) is 9.59 Å². The molecule has 2 aliphatic rings. The number of nitrogens with one attached hydrogen (secondary N) is 2. The summed E-state index contributed by atoms with van der Waals surface area (Å²) in [7, 11) is 3.21. The van der Waals surface area contributed by atoms with Gasteiger partial charge >= 0.3 is 0 Å². The van der Waals surface area contributed by atoms with E-state index in [0.717, 1.165) is 32.6 Å². The molecule has 0 bridgehead atoms. The topological polar surface area (TPSA) is 76.7 Å². The SMILES string of the molecule is COc1ccc([C@H]2CC(=O)C3=C(C2)NC(C)=C(C(=O)Nc2ccc(C)cc2)[C@H]3c2ccccc2Br)cc1OC. The number of Topliss-reactive ketones (excluding diaryl/α,β-unsaturated/α-hetero) is 1. The van der Waals surface area contributed by atoms with E-state index in [4.69, 9.17) is 9.47 Å². The fraction of sp³-hybridized carbons (Fsp3) is 0.250. The van der Waals surface area contributed by atoms with Crippen LogP contribution in [0.25, 0.3) is 0 Å². The zero-order chi connectivity index (χ0) is 27.7. The van der Waals surface area contributed by atoms with E-state index in [1.165, 1.54) is 0 Å². The molecule has 0 saturated carbocycles. The van der Waals surface area contributed by atoms with Crippen LogP contribution in [-0.4, -0.2) is 25.9 Å². The van der Waals surface area contributed by atoms with E-state index in [1.54, 1.807) is 14.2 Å². The minimum atomic E-state index is -0.499. The Balaban J connectivity index is 1.55. The average Bonchev–Trinajstić information content (AvgIpc) is 2.93. The molecular formula is C32H31BrN2O4. The molecule has 0 radical (unpaired) electrons. The molecule has 1 aliphatic heterocycles. The molecule has 2 atom stereocenters. The molecule has 39 heavy (non-hydrogen) atoms. The standard InChI is InChI=1S/C32H31BrN2O4/c1-18-9-12-22(13-10-18)35-32(37)29-19(2)34-25-15-21(20-11-14-27(38-3)28(17-20)39-4)16-26(36)31(25)30(29)23-7-5-6-8-24(23)33/h5-14,17,21,30,34H,15-16H2,1-4H3,(H,35,37)/t21-,30-/m1/s1. The first-order valence-corrected chi connectivity index (χ1v) is 13.7. The number of hydrogen-bond acceptors (Lipinski definition) is 5. The monoisotopic (exact) mass is 586 g/mol. The predicted molar refractivity (Wildman–Crippen MR) is 156 cm³/mol. The number of methoxy groups -OCH3 is 2. The first-order chi connectivity index (χ1) is 18.8. The molecule has 3 aromatic carbocycles. The zero-order valence-electron chi connectivity index (χ0n) is 22.4. The highest BCUT2D eigenvalue weighted by Crippen LogP contribution is 2.47. The van der Waals surface area contributed by atoms with Crippen LogP contribution in [0.1, 0.15) is 48.3 Å². The molecule has 1 aliphatic carbocycles. The van der Waals surface area contributed by atoms with Gasteiger partial charge in [-0.15, -0.1) is 0 Å². The number of amides is 1. The third kappa shape index (κ3) is 5.23. The molecule has 0 spiro atoms. The lowest BCUT2D eigenvalue weighted by Gasteiger charge is -2.37. The molecule has 0 aromatic heterocycles. The van der Waals surface area contributed by atoms with Crippen LogP contribution in [-0.2, 0) is 9.59 Å². The van der Waals surface area contributed by atoms with Gasteiger partial charge in [0.2, 0.25) is 0 Å². The maximum Gasteiger partial charge on any atom is 0.254 e. The Labute approximate surface area is 237 Å². The van der Waals surface area contributed by atoms with Gasteiger partial charge < -0.3 is 20.1 Å². The molecular weight excluding hydrogens is 556 g/mol. The van der Waals surface area contributed by atoms with E-state index in [2.05, 4.69) is 26.6 Å². The summed E-state index contributed by atoms with van der Waals surface area (Å²) < 4.78 is 11.8. The summed E-state index contributed by atoms with van der Waals surface area (Å²) in [6.45, 7) is 3.91. The van der Waals surface area contributed by atoms with Gasteiger partial charge in [0.25, 0.3) is 5.91 Å². The van der Waals surface area contributed by atoms with E-state index in [-0.39, 0.29) is 17.6 Å². The molecule has 5 rings (SSSR count). The fourth-order valence-electron chi connectivity index (χ4n) is 5.54. The van der Waals surface area contributed by atoms with Crippen molar-refractivity contribution in [2.75, 3.05) is 19.5 Å². The number of carbonyl (C=O) groups excluding carboxylic acids is 2. The van der Waals surface area contributed by atoms with Crippen molar-refractivity contribution in [3.8, 4) is 11.5 Å². The number of ketones is 1. The molecule has 7 heteroatoms. The number of carbonyl (C=O) groups is 2. The summed E-state index contributed by atoms with van der Waals surface area (Å²) >= 11 is 3.68. The van der Waals surface area contributed by atoms with Gasteiger partial charge in [-0.2, -0.15) is 0 Å². The van der Waals surface area contributed by atoms with Crippen LogP contribution in [0.2, 0.25) is 0 Å². The maximum atomic E-state index is 13.9. The molecule has 0 saturated heterocycles. The van der Waals surface area contributed by atoms with Crippen LogP contribution in [0.3, 0.4) is 0 Å². The van der Waals surface area contributed by atoms with Crippen molar-refractivity contribution in [1.29, 1.82) is 0 Å². The van der Waals surface area contributed by atoms with Crippen molar-refractivity contribution < 1.29 is 19.1 Å². The number of ether oxygens (including phenoxy) is 2. The van der Waals surface area contributed by atoms with Crippen LogP contribution in [0.5, 0.6) is 11.5 Å². The summed E-state index contributed by atoms with van der Waals surface area (Å²) in [6.07, 6.45) is 0.977. The maximum absolute atomic E-state index is 13.9. The van der Waals surface area contributed by atoms with Gasteiger partial charge in [0.15, 0.2) is 17.3 Å². The number of aryl methyl sites for hydroxylation is 1. The Kier molecular flexibility index (Phi) is 7.62. The highest BCUT2D eigenvalue weighted by molar-refractivity contribution is 9.10. The number of dihydropyridines is 1. The molecule has 0 unspecified atom stereocenters. The Morgan fingerprint density at radius 1 is 0.949 bits per heavy atom. The second kappa shape index (κ2) is 11.1. The van der Waals surface area contributed by atoms with Crippen LogP contribution in [0.15, 0.2) is 93.7 Å². The Morgan fingerprint density at radius 2 is 1.67 bits per heavy atom. The summed E-state index contributed by atoms with van der Waals surface area (Å²) in [5, 5.41) is 6.50. The number of anilines is 1. The lowest BCUT2D eigenvalue weighted by Crippen LogP contribution is -2.37. The molecule has 1 heterocycles. The largest absolute Gasteiger partial charge is 0.493 e. The minimum absolute atomic E-state index is 0.0254. The van der Waals surface area contributed by atoms with Gasteiger partial charge in [0.1, 0.15) is 0 Å². The smallest absolute Gasteiger partial charge is 0.254 e. The fourth-order valence-corrected chi connectivity index (χ4v) is 6.05. The van der Waals surface area contributed by atoms with Crippen LogP contribution in [0.4, 0.5) is 5.69 Å². The summed E-state index contributed by atoms with van der Waals surface area (Å²) in [5.74, 6) is 0.552. The van der Waals surface area contributed by atoms with Gasteiger partial charge in [-0.1, -0.05) is 57.9 Å². The quantitative estimate of drug-likeness (QED) is 0.333. The van der Waals surface area contributed by atoms with E-state index in [0.29, 0.717) is 41.2 Å². The van der Waals surface area contributed by atoms with E-state index >= 15 is 0 Å². The van der Waals surface area contributed by atoms with Crippen molar-refractivity contribution in [2.24, 2.45) is 0 Å². The van der Waals surface area contributed by atoms with Crippen molar-refractivity contribution in [3.05, 3.63) is 110 Å². The molecule has 3 aromatic rings. The van der Waals surface area contributed by atoms with Gasteiger partial charge in [0.05, 0.1) is 14.2 Å². The van der Waals surface area contributed by atoms with Gasteiger partial charge in [-0.05, 0) is 67.6 Å². The summed E-state index contributed by atoms with van der Waals surface area (Å²) in [6, 6.07) is 21.3. The molecule has 2 N–H and O–H groups in total. The van der Waals surface area contributed by atoms with E-state index < -0.39 is 5.92 Å². The predicted octanol–water partition coefficient (Wildman–Crippen LogP) is 6.78. The highest BCUT2D eigenvalue weighted by Gasteiger charge is 2.41. The molecule has 0 fully saturated rings. The molecule has 6 nitrogen and oxygen atoms in total. The lowest BCUT2D eigenvalue weighted by atomic mass is 9.71. The highest BCUT2D eigenvalue weighted by atomic mass is 79.9. The average molecular weight is 588 g/mol. The minimum Gasteiger partial charge on any atom is -0.493 e.